The summed E-state index contributed by atoms with van der Waals surface area (Å²) in [6.07, 6.45) is 1.87. The highest BCUT2D eigenvalue weighted by Crippen LogP contribution is 1.87. The van der Waals surface area contributed by atoms with Crippen molar-refractivity contribution in [2.45, 2.75) is 6.42 Å². The lowest BCUT2D eigenvalue weighted by atomic mass is 10.4. The number of nitrogens with zero attached hydrogens (tertiary/aromatic N) is 2. The smallest absolute Gasteiger partial charge is 0.212 e. The minimum atomic E-state index is -3.22. The van der Waals surface area contributed by atoms with Gasteiger partial charge in [-0.05, 0) is 0 Å². The average Bonchev–Trinajstić information content (AvgIpc) is 2.56. The van der Waals surface area contributed by atoms with Gasteiger partial charge in [-0.15, -0.1) is 0 Å². The molecule has 0 aliphatic carbocycles. The summed E-state index contributed by atoms with van der Waals surface area (Å²) in [6, 6.07) is 0. The van der Waals surface area contributed by atoms with Crippen molar-refractivity contribution < 1.29 is 8.42 Å². The first kappa shape index (κ1) is 11.1. The normalized spacial score (nSPS) is 11.8. The molecule has 1 aromatic rings. The third-order valence-electron chi connectivity index (χ3n) is 1.54. The van der Waals surface area contributed by atoms with Gasteiger partial charge < -0.3 is 5.73 Å². The molecule has 0 bridgehead atoms. The van der Waals surface area contributed by atoms with Crippen LogP contribution in [0, 0.1) is 0 Å². The zero-order valence-corrected chi connectivity index (χ0v) is 8.42. The maximum atomic E-state index is 11.1. The molecular formula is C6H13N5O2S. The van der Waals surface area contributed by atoms with Gasteiger partial charge in [0.05, 0.1) is 5.75 Å². The van der Waals surface area contributed by atoms with E-state index in [1.807, 2.05) is 0 Å². The first-order valence-electron chi connectivity index (χ1n) is 4.16. The summed E-state index contributed by atoms with van der Waals surface area (Å²) < 4.78 is 24.6. The number of aromatic nitrogens is 3. The largest absolute Gasteiger partial charge is 0.329 e. The number of nitrogens with two attached hydrogens (primary N) is 1. The van der Waals surface area contributed by atoms with Crippen molar-refractivity contribution in [2.24, 2.45) is 5.73 Å². The summed E-state index contributed by atoms with van der Waals surface area (Å²) in [5, 5.41) is 6.28. The van der Waals surface area contributed by atoms with E-state index in [-0.39, 0.29) is 12.3 Å². The van der Waals surface area contributed by atoms with Gasteiger partial charge in [0, 0.05) is 19.5 Å². The lowest BCUT2D eigenvalue weighted by molar-refractivity contribution is 0.580. The fourth-order valence-electron chi connectivity index (χ4n) is 0.904. The summed E-state index contributed by atoms with van der Waals surface area (Å²) in [5.41, 5.74) is 5.13. The molecule has 0 radical (unpaired) electrons. The van der Waals surface area contributed by atoms with E-state index >= 15 is 0 Å². The van der Waals surface area contributed by atoms with Gasteiger partial charge in [0.2, 0.25) is 10.0 Å². The first-order valence-corrected chi connectivity index (χ1v) is 5.81. The van der Waals surface area contributed by atoms with Crippen molar-refractivity contribution >= 4 is 10.0 Å². The van der Waals surface area contributed by atoms with Crippen LogP contribution in [0.1, 0.15) is 5.82 Å². The van der Waals surface area contributed by atoms with Crippen molar-refractivity contribution in [3.63, 3.8) is 0 Å². The number of aromatic amines is 1. The monoisotopic (exact) mass is 219 g/mol. The standard InChI is InChI=1S/C6H13N5O2S/c7-2-4-14(12,13)10-3-1-6-8-5-9-11-6/h5,10H,1-4,7H2,(H,8,9,11). The lowest BCUT2D eigenvalue weighted by Gasteiger charge is -2.03. The summed E-state index contributed by atoms with van der Waals surface area (Å²) in [4.78, 5) is 3.86. The van der Waals surface area contributed by atoms with Crippen LogP contribution in [0.5, 0.6) is 0 Å². The Kier molecular flexibility index (Phi) is 3.98. The van der Waals surface area contributed by atoms with Crippen LogP contribution in [0.2, 0.25) is 0 Å². The van der Waals surface area contributed by atoms with Crippen molar-refractivity contribution in [1.29, 1.82) is 0 Å². The highest BCUT2D eigenvalue weighted by Gasteiger charge is 2.07. The number of rotatable bonds is 6. The van der Waals surface area contributed by atoms with Crippen LogP contribution in [0.15, 0.2) is 6.33 Å². The van der Waals surface area contributed by atoms with Crippen LogP contribution < -0.4 is 10.5 Å². The molecule has 1 aromatic heterocycles. The van der Waals surface area contributed by atoms with E-state index in [0.29, 0.717) is 18.8 Å². The Morgan fingerprint density at radius 1 is 1.57 bits per heavy atom. The number of hydrogen-bond acceptors (Lipinski definition) is 5. The highest BCUT2D eigenvalue weighted by atomic mass is 32.2. The Balaban J connectivity index is 2.28. The zero-order valence-electron chi connectivity index (χ0n) is 7.60. The van der Waals surface area contributed by atoms with Gasteiger partial charge in [-0.2, -0.15) is 5.10 Å². The molecule has 0 atom stereocenters. The van der Waals surface area contributed by atoms with E-state index in [9.17, 15) is 8.42 Å². The van der Waals surface area contributed by atoms with E-state index in [4.69, 9.17) is 5.73 Å². The third kappa shape index (κ3) is 3.81. The number of sulfonamides is 1. The van der Waals surface area contributed by atoms with Crippen LogP contribution in [0.4, 0.5) is 0 Å². The van der Waals surface area contributed by atoms with E-state index < -0.39 is 10.0 Å². The lowest BCUT2D eigenvalue weighted by Crippen LogP contribution is -2.31. The van der Waals surface area contributed by atoms with Gasteiger partial charge >= 0.3 is 0 Å². The summed E-state index contributed by atoms with van der Waals surface area (Å²) in [7, 11) is -3.22. The second-order valence-corrected chi connectivity index (χ2v) is 4.61. The molecule has 4 N–H and O–H groups in total. The Morgan fingerprint density at radius 3 is 2.93 bits per heavy atom. The van der Waals surface area contributed by atoms with E-state index in [0.717, 1.165) is 0 Å². The zero-order chi connectivity index (χ0) is 10.4. The number of H-pyrrole nitrogens is 1. The van der Waals surface area contributed by atoms with Gasteiger partial charge in [0.1, 0.15) is 12.2 Å². The molecule has 0 aromatic carbocycles. The Bertz CT molecular complexity index is 346. The molecule has 0 aliphatic rings. The minimum absolute atomic E-state index is 0.0522. The second-order valence-electron chi connectivity index (χ2n) is 2.68. The van der Waals surface area contributed by atoms with E-state index in [1.165, 1.54) is 6.33 Å². The molecule has 80 valence electrons. The predicted molar refractivity (Wildman–Crippen MR) is 50.9 cm³/mol. The highest BCUT2D eigenvalue weighted by molar-refractivity contribution is 7.89. The van der Waals surface area contributed by atoms with E-state index in [2.05, 4.69) is 19.9 Å². The fourth-order valence-corrected chi connectivity index (χ4v) is 1.77. The third-order valence-corrected chi connectivity index (χ3v) is 2.95. The molecule has 0 unspecified atom stereocenters. The van der Waals surface area contributed by atoms with Gasteiger partial charge in [0.15, 0.2) is 0 Å². The average molecular weight is 219 g/mol. The van der Waals surface area contributed by atoms with Crippen molar-refractivity contribution in [3.05, 3.63) is 12.2 Å². The quantitative estimate of drug-likeness (QED) is 0.523. The Hall–Kier alpha value is -0.990. The van der Waals surface area contributed by atoms with Crippen molar-refractivity contribution in [2.75, 3.05) is 18.8 Å². The Labute approximate surface area is 82.2 Å². The maximum Gasteiger partial charge on any atom is 0.212 e. The van der Waals surface area contributed by atoms with Crippen LogP contribution in [-0.4, -0.2) is 42.4 Å². The molecule has 0 spiro atoms. The molecule has 1 rings (SSSR count). The molecule has 0 saturated carbocycles. The van der Waals surface area contributed by atoms with Crippen LogP contribution in [0.25, 0.3) is 0 Å². The molecule has 8 heteroatoms. The second kappa shape index (κ2) is 5.03. The first-order chi connectivity index (χ1) is 6.64. The maximum absolute atomic E-state index is 11.1. The van der Waals surface area contributed by atoms with Crippen molar-refractivity contribution in [1.82, 2.24) is 19.9 Å². The SMILES string of the molecule is NCCS(=O)(=O)NCCc1ncn[nH]1. The fraction of sp³-hybridized carbons (Fsp3) is 0.667. The number of nitrogens with one attached hydrogen (secondary N) is 2. The molecule has 0 amide bonds. The molecule has 1 heterocycles. The van der Waals surface area contributed by atoms with Crippen LogP contribution in [-0.2, 0) is 16.4 Å². The molecule has 0 fully saturated rings. The topological polar surface area (TPSA) is 114 Å². The number of hydrogen-bond donors (Lipinski definition) is 3. The molecule has 0 saturated heterocycles. The van der Waals surface area contributed by atoms with Gasteiger partial charge in [-0.3, -0.25) is 5.10 Å². The van der Waals surface area contributed by atoms with Gasteiger partial charge in [-0.25, -0.2) is 18.1 Å². The minimum Gasteiger partial charge on any atom is -0.329 e. The van der Waals surface area contributed by atoms with Gasteiger partial charge in [-0.1, -0.05) is 0 Å². The van der Waals surface area contributed by atoms with E-state index in [1.54, 1.807) is 0 Å². The summed E-state index contributed by atoms with van der Waals surface area (Å²) >= 11 is 0. The predicted octanol–water partition coefficient (Wildman–Crippen LogP) is -1.77. The summed E-state index contributed by atoms with van der Waals surface area (Å²) in [5.74, 6) is 0.601. The molecule has 14 heavy (non-hydrogen) atoms. The molecule has 0 aliphatic heterocycles. The molecule has 7 nitrogen and oxygen atoms in total. The summed E-state index contributed by atoms with van der Waals surface area (Å²) in [6.45, 7) is 0.426. The van der Waals surface area contributed by atoms with Crippen LogP contribution >= 0.6 is 0 Å². The molecular weight excluding hydrogens is 206 g/mol. The van der Waals surface area contributed by atoms with Crippen LogP contribution in [0.3, 0.4) is 0 Å². The Morgan fingerprint density at radius 2 is 2.36 bits per heavy atom. The van der Waals surface area contributed by atoms with Gasteiger partial charge in [0.25, 0.3) is 0 Å². The van der Waals surface area contributed by atoms with Crippen molar-refractivity contribution in [3.8, 4) is 0 Å².